The topological polar surface area (TPSA) is 98.5 Å². The van der Waals surface area contributed by atoms with Gasteiger partial charge in [-0.05, 0) is 18.6 Å². The van der Waals surface area contributed by atoms with Crippen molar-refractivity contribution in [3.8, 4) is 0 Å². The molecule has 0 saturated heterocycles. The summed E-state index contributed by atoms with van der Waals surface area (Å²) < 4.78 is 43.7. The number of methoxy groups -OCH3 is 1. The van der Waals surface area contributed by atoms with E-state index in [0.717, 1.165) is 12.1 Å². The molecule has 106 valence electrons. The molecule has 0 unspecified atom stereocenters. The van der Waals surface area contributed by atoms with Crippen LogP contribution in [-0.4, -0.2) is 33.6 Å². The van der Waals surface area contributed by atoms with Crippen LogP contribution in [0, 0.1) is 15.9 Å². The summed E-state index contributed by atoms with van der Waals surface area (Å²) in [5, 5.41) is 10.5. The van der Waals surface area contributed by atoms with Gasteiger partial charge < -0.3 is 4.74 Å². The van der Waals surface area contributed by atoms with Crippen LogP contribution in [0.15, 0.2) is 23.1 Å². The molecule has 0 radical (unpaired) electrons. The average Bonchev–Trinajstić information content (AvgIpc) is 2.34. The molecule has 0 saturated carbocycles. The van der Waals surface area contributed by atoms with Crippen LogP contribution in [0.25, 0.3) is 0 Å². The van der Waals surface area contributed by atoms with Crippen LogP contribution in [0.2, 0.25) is 0 Å². The van der Waals surface area contributed by atoms with Gasteiger partial charge in [-0.1, -0.05) is 0 Å². The van der Waals surface area contributed by atoms with E-state index in [4.69, 9.17) is 4.74 Å². The predicted molar refractivity (Wildman–Crippen MR) is 64.7 cm³/mol. The molecule has 7 nitrogen and oxygen atoms in total. The summed E-state index contributed by atoms with van der Waals surface area (Å²) in [5.41, 5.74) is -0.875. The molecule has 1 rings (SSSR count). The third-order valence-corrected chi connectivity index (χ3v) is 3.70. The van der Waals surface area contributed by atoms with Crippen molar-refractivity contribution < 1.29 is 22.5 Å². The van der Waals surface area contributed by atoms with Crippen LogP contribution in [-0.2, 0) is 14.8 Å². The summed E-state index contributed by atoms with van der Waals surface area (Å²) >= 11 is 0. The van der Waals surface area contributed by atoms with Crippen molar-refractivity contribution in [3.63, 3.8) is 0 Å². The number of halogens is 1. The summed E-state index contributed by atoms with van der Waals surface area (Å²) in [6.07, 6.45) is 0.457. The van der Waals surface area contributed by atoms with E-state index in [1.54, 1.807) is 0 Å². The highest BCUT2D eigenvalue weighted by atomic mass is 32.2. The number of benzene rings is 1. The van der Waals surface area contributed by atoms with Gasteiger partial charge in [0, 0.05) is 26.3 Å². The molecule has 0 aromatic heterocycles. The molecular formula is C10H13FN2O5S. The van der Waals surface area contributed by atoms with Crippen molar-refractivity contribution >= 4 is 15.7 Å². The fourth-order valence-corrected chi connectivity index (χ4v) is 2.40. The van der Waals surface area contributed by atoms with Crippen molar-refractivity contribution in [1.82, 2.24) is 4.72 Å². The third kappa shape index (κ3) is 4.23. The Labute approximate surface area is 109 Å². The Morgan fingerprint density at radius 1 is 1.47 bits per heavy atom. The zero-order chi connectivity index (χ0) is 14.5. The van der Waals surface area contributed by atoms with E-state index in [1.165, 1.54) is 7.11 Å². The number of sulfonamides is 1. The number of nitro benzene ring substituents is 1. The highest BCUT2D eigenvalue weighted by molar-refractivity contribution is 7.89. The van der Waals surface area contributed by atoms with Gasteiger partial charge in [-0.15, -0.1) is 0 Å². The van der Waals surface area contributed by atoms with Crippen LogP contribution < -0.4 is 4.72 Å². The van der Waals surface area contributed by atoms with Gasteiger partial charge in [0.25, 0.3) is 0 Å². The number of nitrogens with zero attached hydrogens (tertiary/aromatic N) is 1. The van der Waals surface area contributed by atoms with Crippen molar-refractivity contribution in [2.75, 3.05) is 20.3 Å². The van der Waals surface area contributed by atoms with Crippen LogP contribution in [0.5, 0.6) is 0 Å². The SMILES string of the molecule is COCCCNS(=O)(=O)c1ccc(F)c([N+](=O)[O-])c1. The molecule has 19 heavy (non-hydrogen) atoms. The number of hydrogen-bond donors (Lipinski definition) is 1. The standard InChI is InChI=1S/C10H13FN2O5S/c1-18-6-2-5-12-19(16,17)8-3-4-9(11)10(7-8)13(14)15/h3-4,7,12H,2,5-6H2,1H3. The van der Waals surface area contributed by atoms with Crippen LogP contribution in [0.1, 0.15) is 6.42 Å². The molecule has 0 aliphatic rings. The molecule has 9 heteroatoms. The normalized spacial score (nSPS) is 11.5. The second kappa shape index (κ2) is 6.55. The first kappa shape index (κ1) is 15.5. The smallest absolute Gasteiger partial charge is 0.306 e. The molecule has 0 bridgehead atoms. The van der Waals surface area contributed by atoms with E-state index in [0.29, 0.717) is 19.1 Å². The number of ether oxygens (including phenoxy) is 1. The van der Waals surface area contributed by atoms with Crippen LogP contribution >= 0.6 is 0 Å². The minimum Gasteiger partial charge on any atom is -0.385 e. The maximum absolute atomic E-state index is 13.1. The second-order valence-corrected chi connectivity index (χ2v) is 5.38. The third-order valence-electron chi connectivity index (χ3n) is 2.24. The summed E-state index contributed by atoms with van der Waals surface area (Å²) in [7, 11) is -2.41. The Hall–Kier alpha value is -1.58. The maximum atomic E-state index is 13.1. The summed E-state index contributed by atoms with van der Waals surface area (Å²) in [6, 6.07) is 2.41. The Bertz CT molecular complexity index is 561. The molecule has 0 heterocycles. The van der Waals surface area contributed by atoms with Crippen molar-refractivity contribution in [1.29, 1.82) is 0 Å². The number of nitro groups is 1. The van der Waals surface area contributed by atoms with Gasteiger partial charge in [0.2, 0.25) is 15.8 Å². The second-order valence-electron chi connectivity index (χ2n) is 3.61. The lowest BCUT2D eigenvalue weighted by atomic mass is 10.3. The Morgan fingerprint density at radius 2 is 2.16 bits per heavy atom. The van der Waals surface area contributed by atoms with Crippen LogP contribution in [0.3, 0.4) is 0 Å². The molecule has 1 aromatic carbocycles. The minimum absolute atomic E-state index is 0.126. The highest BCUT2D eigenvalue weighted by Crippen LogP contribution is 2.21. The first-order valence-corrected chi connectivity index (χ1v) is 6.79. The van der Waals surface area contributed by atoms with E-state index in [-0.39, 0.29) is 11.4 Å². The predicted octanol–water partition coefficient (Wildman–Crippen LogP) is 1.05. The van der Waals surface area contributed by atoms with Gasteiger partial charge in [-0.25, -0.2) is 13.1 Å². The number of rotatable bonds is 7. The summed E-state index contributed by atoms with van der Waals surface area (Å²) in [6.45, 7) is 0.507. The lowest BCUT2D eigenvalue weighted by Gasteiger charge is -2.06. The number of nitrogens with one attached hydrogen (secondary N) is 1. The summed E-state index contributed by atoms with van der Waals surface area (Å²) in [5.74, 6) is -1.08. The van der Waals surface area contributed by atoms with Crippen molar-refractivity contribution in [2.45, 2.75) is 11.3 Å². The van der Waals surface area contributed by atoms with Gasteiger partial charge in [-0.3, -0.25) is 10.1 Å². The fourth-order valence-electron chi connectivity index (χ4n) is 1.31. The summed E-state index contributed by atoms with van der Waals surface area (Å²) in [4.78, 5) is 9.21. The molecular weight excluding hydrogens is 279 g/mol. The first-order valence-electron chi connectivity index (χ1n) is 5.31. The first-order chi connectivity index (χ1) is 8.88. The van der Waals surface area contributed by atoms with E-state index >= 15 is 0 Å². The monoisotopic (exact) mass is 292 g/mol. The Morgan fingerprint density at radius 3 is 2.74 bits per heavy atom. The molecule has 1 aromatic rings. The molecule has 0 aliphatic carbocycles. The zero-order valence-electron chi connectivity index (χ0n) is 10.1. The van der Waals surface area contributed by atoms with Gasteiger partial charge in [-0.2, -0.15) is 4.39 Å². The van der Waals surface area contributed by atoms with E-state index in [1.807, 2.05) is 0 Å². The van der Waals surface area contributed by atoms with Gasteiger partial charge >= 0.3 is 5.69 Å². The molecule has 0 spiro atoms. The average molecular weight is 292 g/mol. The van der Waals surface area contributed by atoms with E-state index in [9.17, 15) is 22.9 Å². The zero-order valence-corrected chi connectivity index (χ0v) is 10.9. The van der Waals surface area contributed by atoms with Crippen molar-refractivity contribution in [3.05, 3.63) is 34.1 Å². The minimum atomic E-state index is -3.89. The maximum Gasteiger partial charge on any atom is 0.306 e. The lowest BCUT2D eigenvalue weighted by Crippen LogP contribution is -2.25. The molecule has 0 aliphatic heterocycles. The van der Waals surface area contributed by atoms with Gasteiger partial charge in [0.05, 0.1) is 9.82 Å². The highest BCUT2D eigenvalue weighted by Gasteiger charge is 2.20. The number of hydrogen-bond acceptors (Lipinski definition) is 5. The molecule has 0 fully saturated rings. The largest absolute Gasteiger partial charge is 0.385 e. The van der Waals surface area contributed by atoms with E-state index in [2.05, 4.69) is 4.72 Å². The molecule has 0 atom stereocenters. The van der Waals surface area contributed by atoms with Gasteiger partial charge in [0.1, 0.15) is 0 Å². The Kier molecular flexibility index (Phi) is 5.33. The molecule has 1 N–H and O–H groups in total. The molecule has 0 amide bonds. The van der Waals surface area contributed by atoms with Gasteiger partial charge in [0.15, 0.2) is 0 Å². The van der Waals surface area contributed by atoms with Crippen molar-refractivity contribution in [2.24, 2.45) is 0 Å². The quantitative estimate of drug-likeness (QED) is 0.460. The van der Waals surface area contributed by atoms with Crippen LogP contribution in [0.4, 0.5) is 10.1 Å². The lowest BCUT2D eigenvalue weighted by molar-refractivity contribution is -0.387. The van der Waals surface area contributed by atoms with E-state index < -0.39 is 26.5 Å². The Balaban J connectivity index is 2.89. The fraction of sp³-hybridized carbons (Fsp3) is 0.400.